The van der Waals surface area contributed by atoms with Gasteiger partial charge in [-0.2, -0.15) is 9.67 Å². The Morgan fingerprint density at radius 2 is 1.37 bits per heavy atom. The van der Waals surface area contributed by atoms with E-state index in [4.69, 9.17) is 9.47 Å². The molecule has 0 saturated carbocycles. The standard InChI is InChI=1S/C27H29N5O3/c1-18-5-9-20(10-6-18)16-28-26-30-27(29-17-21-11-7-19(2)8-12-21)32(31-26)25(33)22-13-14-23(34-3)24(15-22)35-4/h5-15H,16-17H2,1-4H3,(H2,28,29,30,31). The van der Waals surface area contributed by atoms with Gasteiger partial charge >= 0.3 is 0 Å². The van der Waals surface area contributed by atoms with Gasteiger partial charge in [-0.25, -0.2) is 0 Å². The second kappa shape index (κ2) is 10.7. The molecule has 4 aromatic rings. The third-order valence-corrected chi connectivity index (χ3v) is 5.57. The molecule has 1 aromatic heterocycles. The van der Waals surface area contributed by atoms with E-state index in [1.807, 2.05) is 50.2 Å². The number of hydrogen-bond donors (Lipinski definition) is 2. The van der Waals surface area contributed by atoms with Crippen LogP contribution < -0.4 is 20.1 Å². The summed E-state index contributed by atoms with van der Waals surface area (Å²) >= 11 is 0. The molecule has 180 valence electrons. The number of benzene rings is 3. The second-order valence-electron chi connectivity index (χ2n) is 8.22. The number of carbonyl (C=O) groups is 1. The fourth-order valence-corrected chi connectivity index (χ4v) is 3.51. The number of aromatic nitrogens is 3. The number of nitrogens with zero attached hydrogens (tertiary/aromatic N) is 3. The van der Waals surface area contributed by atoms with Crippen LogP contribution in [0, 0.1) is 13.8 Å². The fraction of sp³-hybridized carbons (Fsp3) is 0.222. The van der Waals surface area contributed by atoms with Crippen LogP contribution in [0.5, 0.6) is 11.5 Å². The summed E-state index contributed by atoms with van der Waals surface area (Å²) in [6.07, 6.45) is 0. The molecule has 1 heterocycles. The molecule has 0 saturated heterocycles. The zero-order chi connectivity index (χ0) is 24.8. The molecule has 0 fully saturated rings. The van der Waals surface area contributed by atoms with E-state index in [9.17, 15) is 4.79 Å². The van der Waals surface area contributed by atoms with Gasteiger partial charge in [0, 0.05) is 18.7 Å². The fourth-order valence-electron chi connectivity index (χ4n) is 3.51. The summed E-state index contributed by atoms with van der Waals surface area (Å²) < 4.78 is 11.9. The maximum Gasteiger partial charge on any atom is 0.281 e. The number of nitrogens with one attached hydrogen (secondary N) is 2. The topological polar surface area (TPSA) is 90.3 Å². The van der Waals surface area contributed by atoms with Crippen molar-refractivity contribution in [2.24, 2.45) is 0 Å². The van der Waals surface area contributed by atoms with Crippen molar-refractivity contribution >= 4 is 17.8 Å². The van der Waals surface area contributed by atoms with Crippen molar-refractivity contribution in [3.63, 3.8) is 0 Å². The average molecular weight is 472 g/mol. The molecular formula is C27H29N5O3. The molecule has 35 heavy (non-hydrogen) atoms. The first kappa shape index (κ1) is 23.8. The van der Waals surface area contributed by atoms with Crippen LogP contribution in [0.15, 0.2) is 66.7 Å². The minimum absolute atomic E-state index is 0.340. The molecule has 0 amide bonds. The molecule has 8 heteroatoms. The Labute approximate surface area is 204 Å². The number of hydrogen-bond acceptors (Lipinski definition) is 7. The van der Waals surface area contributed by atoms with Crippen LogP contribution in [0.2, 0.25) is 0 Å². The lowest BCUT2D eigenvalue weighted by Gasteiger charge is -2.10. The summed E-state index contributed by atoms with van der Waals surface area (Å²) in [6.45, 7) is 5.12. The maximum absolute atomic E-state index is 13.4. The van der Waals surface area contributed by atoms with Crippen LogP contribution in [-0.2, 0) is 13.1 Å². The van der Waals surface area contributed by atoms with Crippen molar-refractivity contribution in [1.82, 2.24) is 14.8 Å². The summed E-state index contributed by atoms with van der Waals surface area (Å²) in [7, 11) is 3.08. The number of carbonyl (C=O) groups excluding carboxylic acids is 1. The van der Waals surface area contributed by atoms with Crippen LogP contribution >= 0.6 is 0 Å². The van der Waals surface area contributed by atoms with Crippen LogP contribution in [0.25, 0.3) is 0 Å². The zero-order valence-electron chi connectivity index (χ0n) is 20.3. The smallest absolute Gasteiger partial charge is 0.281 e. The van der Waals surface area contributed by atoms with E-state index in [0.29, 0.717) is 42.0 Å². The molecule has 2 N–H and O–H groups in total. The lowest BCUT2D eigenvalue weighted by molar-refractivity contribution is 0.0947. The largest absolute Gasteiger partial charge is 0.493 e. The Morgan fingerprint density at radius 1 is 0.800 bits per heavy atom. The Hall–Kier alpha value is -4.33. The van der Waals surface area contributed by atoms with Gasteiger partial charge in [0.2, 0.25) is 11.9 Å². The summed E-state index contributed by atoms with van der Waals surface area (Å²) in [4.78, 5) is 18.0. The maximum atomic E-state index is 13.4. The van der Waals surface area contributed by atoms with E-state index < -0.39 is 0 Å². The highest BCUT2D eigenvalue weighted by Gasteiger charge is 2.19. The van der Waals surface area contributed by atoms with E-state index in [0.717, 1.165) is 11.1 Å². The third kappa shape index (κ3) is 5.78. The number of aryl methyl sites for hydroxylation is 2. The van der Waals surface area contributed by atoms with Crippen molar-refractivity contribution in [2.45, 2.75) is 26.9 Å². The summed E-state index contributed by atoms with van der Waals surface area (Å²) in [5, 5.41) is 10.9. The Bertz CT molecular complexity index is 1300. The van der Waals surface area contributed by atoms with Gasteiger partial charge in [-0.15, -0.1) is 5.10 Å². The summed E-state index contributed by atoms with van der Waals surface area (Å²) in [5.74, 6) is 1.36. The van der Waals surface area contributed by atoms with E-state index in [1.54, 1.807) is 25.3 Å². The minimum atomic E-state index is -0.340. The van der Waals surface area contributed by atoms with E-state index in [1.165, 1.54) is 22.9 Å². The summed E-state index contributed by atoms with van der Waals surface area (Å²) in [6, 6.07) is 21.4. The van der Waals surface area contributed by atoms with Gasteiger partial charge in [0.15, 0.2) is 11.5 Å². The zero-order valence-corrected chi connectivity index (χ0v) is 20.3. The molecule has 0 unspecified atom stereocenters. The monoisotopic (exact) mass is 471 g/mol. The normalized spacial score (nSPS) is 10.6. The van der Waals surface area contributed by atoms with E-state index in [-0.39, 0.29) is 5.91 Å². The molecule has 0 atom stereocenters. The van der Waals surface area contributed by atoms with Crippen LogP contribution in [0.3, 0.4) is 0 Å². The molecule has 0 aliphatic rings. The molecule has 3 aromatic carbocycles. The first-order valence-electron chi connectivity index (χ1n) is 11.3. The van der Waals surface area contributed by atoms with E-state index >= 15 is 0 Å². The number of rotatable bonds is 9. The van der Waals surface area contributed by atoms with Crippen LogP contribution in [-0.4, -0.2) is 34.9 Å². The number of ether oxygens (including phenoxy) is 2. The highest BCUT2D eigenvalue weighted by atomic mass is 16.5. The van der Waals surface area contributed by atoms with Crippen LogP contribution in [0.4, 0.5) is 11.9 Å². The molecular weight excluding hydrogens is 442 g/mol. The predicted octanol–water partition coefficient (Wildman–Crippen LogP) is 4.82. The Balaban J connectivity index is 1.60. The minimum Gasteiger partial charge on any atom is -0.493 e. The van der Waals surface area contributed by atoms with Crippen molar-refractivity contribution in [1.29, 1.82) is 0 Å². The average Bonchev–Trinajstić information content (AvgIpc) is 3.30. The van der Waals surface area contributed by atoms with Crippen molar-refractivity contribution < 1.29 is 14.3 Å². The van der Waals surface area contributed by atoms with E-state index in [2.05, 4.69) is 32.8 Å². The first-order chi connectivity index (χ1) is 17.0. The quantitative estimate of drug-likeness (QED) is 0.361. The number of anilines is 2. The lowest BCUT2D eigenvalue weighted by atomic mass is 10.1. The third-order valence-electron chi connectivity index (χ3n) is 5.57. The molecule has 0 spiro atoms. The molecule has 0 radical (unpaired) electrons. The highest BCUT2D eigenvalue weighted by Crippen LogP contribution is 2.28. The number of methoxy groups -OCH3 is 2. The highest BCUT2D eigenvalue weighted by molar-refractivity contribution is 5.97. The first-order valence-corrected chi connectivity index (χ1v) is 11.3. The van der Waals surface area contributed by atoms with Crippen molar-refractivity contribution in [3.8, 4) is 11.5 Å². The lowest BCUT2D eigenvalue weighted by Crippen LogP contribution is -2.18. The van der Waals surface area contributed by atoms with Gasteiger partial charge in [-0.1, -0.05) is 59.7 Å². The molecule has 0 aliphatic carbocycles. The van der Waals surface area contributed by atoms with Crippen LogP contribution in [0.1, 0.15) is 32.6 Å². The second-order valence-corrected chi connectivity index (χ2v) is 8.22. The van der Waals surface area contributed by atoms with Gasteiger partial charge in [0.25, 0.3) is 5.91 Å². The Morgan fingerprint density at radius 3 is 1.94 bits per heavy atom. The Kier molecular flexibility index (Phi) is 7.30. The van der Waals surface area contributed by atoms with Gasteiger partial charge in [0.05, 0.1) is 14.2 Å². The van der Waals surface area contributed by atoms with Gasteiger partial charge in [0.1, 0.15) is 0 Å². The predicted molar refractivity (Wildman–Crippen MR) is 136 cm³/mol. The van der Waals surface area contributed by atoms with Crippen molar-refractivity contribution in [2.75, 3.05) is 24.9 Å². The molecule has 0 aliphatic heterocycles. The molecule has 8 nitrogen and oxygen atoms in total. The van der Waals surface area contributed by atoms with Gasteiger partial charge in [-0.3, -0.25) is 4.79 Å². The SMILES string of the molecule is COc1ccc(C(=O)n2nc(NCc3ccc(C)cc3)nc2NCc2ccc(C)cc2)cc1OC. The van der Waals surface area contributed by atoms with Gasteiger partial charge < -0.3 is 20.1 Å². The van der Waals surface area contributed by atoms with Crippen molar-refractivity contribution in [3.05, 3.63) is 94.5 Å². The van der Waals surface area contributed by atoms with Gasteiger partial charge in [-0.05, 0) is 43.2 Å². The molecule has 0 bridgehead atoms. The summed E-state index contributed by atoms with van der Waals surface area (Å²) in [5.41, 5.74) is 4.93. The molecule has 4 rings (SSSR count).